The molecule has 1 unspecified atom stereocenters. The largest absolute Gasteiger partial charge is 0.481 e. The van der Waals surface area contributed by atoms with Gasteiger partial charge in [0.2, 0.25) is 5.91 Å². The van der Waals surface area contributed by atoms with E-state index in [0.29, 0.717) is 6.54 Å². The molecule has 1 atom stereocenters. The standard InChI is InChI=1S/C15H22N2O3/c1-10-5-11(2)7-13(6-10)16-14(18)9-17(4)8-12(3)15(19)20/h5-7,12H,8-9H2,1-4H3,(H,16,18)(H,19,20). The number of nitrogens with zero attached hydrogens (tertiary/aromatic N) is 1. The zero-order valence-electron chi connectivity index (χ0n) is 12.4. The van der Waals surface area contributed by atoms with Gasteiger partial charge in [0.25, 0.3) is 0 Å². The minimum atomic E-state index is -0.855. The molecule has 20 heavy (non-hydrogen) atoms. The lowest BCUT2D eigenvalue weighted by Crippen LogP contribution is -2.35. The number of aliphatic carboxylic acids is 1. The van der Waals surface area contributed by atoms with Gasteiger partial charge >= 0.3 is 5.97 Å². The van der Waals surface area contributed by atoms with E-state index in [2.05, 4.69) is 5.32 Å². The van der Waals surface area contributed by atoms with Crippen molar-refractivity contribution in [3.05, 3.63) is 29.3 Å². The molecule has 1 aromatic carbocycles. The monoisotopic (exact) mass is 278 g/mol. The number of aryl methyl sites for hydroxylation is 2. The van der Waals surface area contributed by atoms with E-state index in [9.17, 15) is 9.59 Å². The van der Waals surface area contributed by atoms with Crippen LogP contribution in [0.15, 0.2) is 18.2 Å². The maximum Gasteiger partial charge on any atom is 0.307 e. The SMILES string of the molecule is Cc1cc(C)cc(NC(=O)CN(C)CC(C)C(=O)O)c1. The maximum atomic E-state index is 11.9. The maximum absolute atomic E-state index is 11.9. The van der Waals surface area contributed by atoms with Gasteiger partial charge in [0.1, 0.15) is 0 Å². The van der Waals surface area contributed by atoms with Gasteiger partial charge in [-0.05, 0) is 44.2 Å². The Labute approximate surface area is 119 Å². The molecule has 0 fully saturated rings. The van der Waals surface area contributed by atoms with E-state index in [-0.39, 0.29) is 12.5 Å². The summed E-state index contributed by atoms with van der Waals surface area (Å²) in [5.41, 5.74) is 2.95. The summed E-state index contributed by atoms with van der Waals surface area (Å²) in [7, 11) is 1.74. The molecular formula is C15H22N2O3. The van der Waals surface area contributed by atoms with Gasteiger partial charge in [-0.25, -0.2) is 0 Å². The molecule has 1 rings (SSSR count). The van der Waals surface area contributed by atoms with Gasteiger partial charge in [0.05, 0.1) is 12.5 Å². The molecule has 0 heterocycles. The molecule has 2 N–H and O–H groups in total. The fraction of sp³-hybridized carbons (Fsp3) is 0.467. The highest BCUT2D eigenvalue weighted by Crippen LogP contribution is 2.13. The zero-order valence-corrected chi connectivity index (χ0v) is 12.4. The van der Waals surface area contributed by atoms with Crippen LogP contribution in [0.25, 0.3) is 0 Å². The first kappa shape index (κ1) is 16.2. The van der Waals surface area contributed by atoms with E-state index in [1.807, 2.05) is 32.0 Å². The van der Waals surface area contributed by atoms with Crippen LogP contribution >= 0.6 is 0 Å². The van der Waals surface area contributed by atoms with Gasteiger partial charge in [0, 0.05) is 12.2 Å². The number of amides is 1. The summed E-state index contributed by atoms with van der Waals surface area (Å²) in [5, 5.41) is 11.7. The van der Waals surface area contributed by atoms with Crippen LogP contribution in [0.5, 0.6) is 0 Å². The molecule has 0 spiro atoms. The lowest BCUT2D eigenvalue weighted by molar-refractivity contribution is -0.141. The normalized spacial score (nSPS) is 12.2. The number of hydrogen-bond acceptors (Lipinski definition) is 3. The van der Waals surface area contributed by atoms with Gasteiger partial charge in [-0.2, -0.15) is 0 Å². The first-order valence-corrected chi connectivity index (χ1v) is 6.57. The Bertz CT molecular complexity index is 480. The van der Waals surface area contributed by atoms with Crippen molar-refractivity contribution in [3.63, 3.8) is 0 Å². The smallest absolute Gasteiger partial charge is 0.307 e. The highest BCUT2D eigenvalue weighted by atomic mass is 16.4. The third-order valence-electron chi connectivity index (χ3n) is 2.93. The third kappa shape index (κ3) is 5.40. The third-order valence-corrected chi connectivity index (χ3v) is 2.93. The Hall–Kier alpha value is -1.88. The summed E-state index contributed by atoms with van der Waals surface area (Å²) in [4.78, 5) is 24.4. The zero-order chi connectivity index (χ0) is 15.3. The van der Waals surface area contributed by atoms with Gasteiger partial charge in [-0.3, -0.25) is 14.5 Å². The molecule has 0 saturated carbocycles. The molecule has 0 aromatic heterocycles. The molecule has 1 aromatic rings. The summed E-state index contributed by atoms with van der Waals surface area (Å²) in [6, 6.07) is 5.85. The number of benzene rings is 1. The summed E-state index contributed by atoms with van der Waals surface area (Å²) < 4.78 is 0. The van der Waals surface area contributed by atoms with Crippen molar-refractivity contribution < 1.29 is 14.7 Å². The Morgan fingerprint density at radius 3 is 2.30 bits per heavy atom. The molecule has 1 amide bonds. The fourth-order valence-corrected chi connectivity index (χ4v) is 2.10. The van der Waals surface area contributed by atoms with Crippen LogP contribution in [0.1, 0.15) is 18.1 Å². The second-order valence-electron chi connectivity index (χ2n) is 5.36. The van der Waals surface area contributed by atoms with Crippen LogP contribution in [0.2, 0.25) is 0 Å². The quantitative estimate of drug-likeness (QED) is 0.833. The Balaban J connectivity index is 2.53. The van der Waals surface area contributed by atoms with E-state index in [4.69, 9.17) is 5.11 Å². The highest BCUT2D eigenvalue weighted by molar-refractivity contribution is 5.92. The number of carbonyl (C=O) groups is 2. The topological polar surface area (TPSA) is 69.6 Å². The second kappa shape index (κ2) is 7.05. The molecular weight excluding hydrogens is 256 g/mol. The van der Waals surface area contributed by atoms with Crippen molar-refractivity contribution in [1.82, 2.24) is 4.90 Å². The summed E-state index contributed by atoms with van der Waals surface area (Å²) in [5.74, 6) is -1.49. The lowest BCUT2D eigenvalue weighted by Gasteiger charge is -2.18. The molecule has 0 aliphatic rings. The summed E-state index contributed by atoms with van der Waals surface area (Å²) in [6.07, 6.45) is 0. The van der Waals surface area contributed by atoms with Gasteiger partial charge < -0.3 is 10.4 Å². The molecule has 0 saturated heterocycles. The predicted octanol–water partition coefficient (Wildman–Crippen LogP) is 1.89. The van der Waals surface area contributed by atoms with Crippen LogP contribution in [-0.4, -0.2) is 42.0 Å². The highest BCUT2D eigenvalue weighted by Gasteiger charge is 2.15. The van der Waals surface area contributed by atoms with Crippen LogP contribution in [0, 0.1) is 19.8 Å². The minimum absolute atomic E-state index is 0.143. The number of rotatable bonds is 6. The molecule has 0 bridgehead atoms. The van der Waals surface area contributed by atoms with E-state index in [0.717, 1.165) is 16.8 Å². The van der Waals surface area contributed by atoms with Crippen molar-refractivity contribution in [2.75, 3.05) is 25.5 Å². The van der Waals surface area contributed by atoms with Crippen LogP contribution in [0.3, 0.4) is 0 Å². The van der Waals surface area contributed by atoms with Crippen LogP contribution < -0.4 is 5.32 Å². The Morgan fingerprint density at radius 1 is 1.25 bits per heavy atom. The van der Waals surface area contributed by atoms with Gasteiger partial charge in [-0.1, -0.05) is 13.0 Å². The summed E-state index contributed by atoms with van der Waals surface area (Å²) >= 11 is 0. The molecule has 5 heteroatoms. The van der Waals surface area contributed by atoms with E-state index in [1.54, 1.807) is 18.9 Å². The number of anilines is 1. The molecule has 0 aliphatic carbocycles. The first-order chi connectivity index (χ1) is 9.27. The second-order valence-corrected chi connectivity index (χ2v) is 5.36. The van der Waals surface area contributed by atoms with Crippen molar-refractivity contribution in [3.8, 4) is 0 Å². The Kier molecular flexibility index (Phi) is 5.70. The Morgan fingerprint density at radius 2 is 1.80 bits per heavy atom. The van der Waals surface area contributed by atoms with Gasteiger partial charge in [0.15, 0.2) is 0 Å². The number of carboxylic acids is 1. The fourth-order valence-electron chi connectivity index (χ4n) is 2.10. The van der Waals surface area contributed by atoms with Crippen LogP contribution in [0.4, 0.5) is 5.69 Å². The average Bonchev–Trinajstić information content (AvgIpc) is 2.26. The number of hydrogen-bond donors (Lipinski definition) is 2. The van der Waals surface area contributed by atoms with Crippen LogP contribution in [-0.2, 0) is 9.59 Å². The molecule has 110 valence electrons. The predicted molar refractivity (Wildman–Crippen MR) is 78.8 cm³/mol. The van der Waals surface area contributed by atoms with Crippen molar-refractivity contribution in [2.45, 2.75) is 20.8 Å². The first-order valence-electron chi connectivity index (χ1n) is 6.57. The van der Waals surface area contributed by atoms with Crippen molar-refractivity contribution >= 4 is 17.6 Å². The van der Waals surface area contributed by atoms with E-state index >= 15 is 0 Å². The van der Waals surface area contributed by atoms with Crippen molar-refractivity contribution in [1.29, 1.82) is 0 Å². The number of carboxylic acid groups (broad SMARTS) is 1. The lowest BCUT2D eigenvalue weighted by atomic mass is 10.1. The number of likely N-dealkylation sites (N-methyl/N-ethyl adjacent to an activating group) is 1. The van der Waals surface area contributed by atoms with E-state index < -0.39 is 11.9 Å². The van der Waals surface area contributed by atoms with Crippen molar-refractivity contribution in [2.24, 2.45) is 5.92 Å². The summed E-state index contributed by atoms with van der Waals surface area (Å²) in [6.45, 7) is 6.09. The van der Waals surface area contributed by atoms with Gasteiger partial charge in [-0.15, -0.1) is 0 Å². The molecule has 5 nitrogen and oxygen atoms in total. The molecule has 0 radical (unpaired) electrons. The number of nitrogens with one attached hydrogen (secondary N) is 1. The molecule has 0 aliphatic heterocycles. The van der Waals surface area contributed by atoms with E-state index in [1.165, 1.54) is 0 Å². The minimum Gasteiger partial charge on any atom is -0.481 e. The average molecular weight is 278 g/mol. The number of carbonyl (C=O) groups excluding carboxylic acids is 1.